The number of anilines is 1. The smallest absolute Gasteiger partial charge is 0.263 e. The van der Waals surface area contributed by atoms with E-state index in [9.17, 15) is 8.78 Å². The Kier molecular flexibility index (Phi) is 4.91. The molecular formula is C14H21F2N. The first kappa shape index (κ1) is 13.9. The van der Waals surface area contributed by atoms with Gasteiger partial charge in [-0.3, -0.25) is 0 Å². The average Bonchev–Trinajstić information content (AvgIpc) is 2.31. The van der Waals surface area contributed by atoms with Crippen molar-refractivity contribution in [1.29, 1.82) is 0 Å². The van der Waals surface area contributed by atoms with E-state index < -0.39 is 6.43 Å². The lowest BCUT2D eigenvalue weighted by Gasteiger charge is -2.32. The number of halogens is 2. The van der Waals surface area contributed by atoms with Gasteiger partial charge in [-0.05, 0) is 24.0 Å². The fourth-order valence-electron chi connectivity index (χ4n) is 2.25. The Labute approximate surface area is 102 Å². The monoisotopic (exact) mass is 241 g/mol. The minimum Gasteiger partial charge on any atom is -0.374 e. The van der Waals surface area contributed by atoms with Crippen molar-refractivity contribution < 1.29 is 8.78 Å². The molecule has 1 nitrogen and oxygen atoms in total. The van der Waals surface area contributed by atoms with Crippen LogP contribution in [0.5, 0.6) is 0 Å². The van der Waals surface area contributed by atoms with Crippen molar-refractivity contribution in [2.75, 3.05) is 18.5 Å². The number of fused-ring (bicyclic) bond motifs is 1. The summed E-state index contributed by atoms with van der Waals surface area (Å²) in [6.45, 7) is 7.13. The van der Waals surface area contributed by atoms with Crippen molar-refractivity contribution in [2.45, 2.75) is 33.6 Å². The van der Waals surface area contributed by atoms with E-state index in [1.807, 2.05) is 27.0 Å². The Morgan fingerprint density at radius 2 is 1.94 bits per heavy atom. The molecule has 0 aliphatic carbocycles. The van der Waals surface area contributed by atoms with Crippen LogP contribution >= 0.6 is 0 Å². The molecular weight excluding hydrogens is 220 g/mol. The van der Waals surface area contributed by atoms with E-state index in [1.54, 1.807) is 6.07 Å². The molecule has 17 heavy (non-hydrogen) atoms. The van der Waals surface area contributed by atoms with Crippen LogP contribution in [0.3, 0.4) is 0 Å². The summed E-state index contributed by atoms with van der Waals surface area (Å²) in [7, 11) is 1.96. The number of hydrogen-bond acceptors (Lipinski definition) is 1. The van der Waals surface area contributed by atoms with Crippen molar-refractivity contribution in [3.05, 3.63) is 29.3 Å². The zero-order valence-corrected chi connectivity index (χ0v) is 11.0. The molecule has 1 atom stereocenters. The topological polar surface area (TPSA) is 3.24 Å². The molecule has 1 heterocycles. The van der Waals surface area contributed by atoms with Gasteiger partial charge in [0.05, 0.1) is 0 Å². The Balaban J connectivity index is 0.000000686. The summed E-state index contributed by atoms with van der Waals surface area (Å²) in [6.07, 6.45) is -1.38. The second-order valence-electron chi connectivity index (χ2n) is 4.38. The highest BCUT2D eigenvalue weighted by atomic mass is 19.3. The molecule has 0 aromatic heterocycles. The van der Waals surface area contributed by atoms with Crippen LogP contribution in [0.25, 0.3) is 0 Å². The van der Waals surface area contributed by atoms with Crippen molar-refractivity contribution in [1.82, 2.24) is 0 Å². The van der Waals surface area contributed by atoms with Crippen LogP contribution in [0.15, 0.2) is 18.2 Å². The van der Waals surface area contributed by atoms with E-state index in [0.29, 0.717) is 5.92 Å². The number of alkyl halides is 2. The molecule has 0 saturated heterocycles. The van der Waals surface area contributed by atoms with E-state index >= 15 is 0 Å². The van der Waals surface area contributed by atoms with Crippen LogP contribution < -0.4 is 4.90 Å². The SMILES string of the molecule is CC.CC1Cc2ccc(C(F)F)cc2N(C)C1. The van der Waals surface area contributed by atoms with E-state index in [4.69, 9.17) is 0 Å². The molecule has 1 aliphatic rings. The number of hydrogen-bond donors (Lipinski definition) is 0. The highest BCUT2D eigenvalue weighted by Crippen LogP contribution is 2.32. The highest BCUT2D eigenvalue weighted by molar-refractivity contribution is 5.57. The van der Waals surface area contributed by atoms with E-state index in [2.05, 4.69) is 11.8 Å². The summed E-state index contributed by atoms with van der Waals surface area (Å²) in [5.74, 6) is 0.597. The van der Waals surface area contributed by atoms with Gasteiger partial charge >= 0.3 is 0 Å². The second kappa shape index (κ2) is 5.99. The van der Waals surface area contributed by atoms with Crippen LogP contribution in [-0.2, 0) is 6.42 Å². The molecule has 0 radical (unpaired) electrons. The lowest BCUT2D eigenvalue weighted by atomic mass is 9.93. The summed E-state index contributed by atoms with van der Waals surface area (Å²) in [5, 5.41) is 0. The zero-order valence-electron chi connectivity index (χ0n) is 11.0. The Hall–Kier alpha value is -1.12. The van der Waals surface area contributed by atoms with Crippen LogP contribution in [-0.4, -0.2) is 13.6 Å². The first-order valence-corrected chi connectivity index (χ1v) is 6.20. The molecule has 2 rings (SSSR count). The van der Waals surface area contributed by atoms with E-state index in [0.717, 1.165) is 18.7 Å². The van der Waals surface area contributed by atoms with Crippen molar-refractivity contribution in [2.24, 2.45) is 5.92 Å². The summed E-state index contributed by atoms with van der Waals surface area (Å²) in [5.41, 5.74) is 2.27. The van der Waals surface area contributed by atoms with Gasteiger partial charge in [0, 0.05) is 24.8 Å². The lowest BCUT2D eigenvalue weighted by molar-refractivity contribution is 0.151. The van der Waals surface area contributed by atoms with Crippen molar-refractivity contribution >= 4 is 5.69 Å². The van der Waals surface area contributed by atoms with Crippen LogP contribution in [0.4, 0.5) is 14.5 Å². The Morgan fingerprint density at radius 1 is 1.29 bits per heavy atom. The van der Waals surface area contributed by atoms with Gasteiger partial charge in [-0.25, -0.2) is 8.78 Å². The molecule has 0 amide bonds. The summed E-state index contributed by atoms with van der Waals surface area (Å²) in [6, 6.07) is 4.99. The zero-order chi connectivity index (χ0) is 13.0. The molecule has 0 fully saturated rings. The Morgan fingerprint density at radius 3 is 2.53 bits per heavy atom. The molecule has 96 valence electrons. The molecule has 0 saturated carbocycles. The third-order valence-electron chi connectivity index (χ3n) is 2.93. The van der Waals surface area contributed by atoms with Crippen molar-refractivity contribution in [3.63, 3.8) is 0 Å². The standard InChI is InChI=1S/C12H15F2N.C2H6/c1-8-5-9-3-4-10(12(13)14)6-11(9)15(2)7-8;1-2/h3-4,6,8,12H,5,7H2,1-2H3;1-2H3. The number of nitrogens with zero attached hydrogens (tertiary/aromatic N) is 1. The van der Waals surface area contributed by atoms with Crippen LogP contribution in [0.2, 0.25) is 0 Å². The Bertz CT molecular complexity index is 363. The van der Waals surface area contributed by atoms with E-state index in [1.165, 1.54) is 11.6 Å². The molecule has 0 N–H and O–H groups in total. The molecule has 0 bridgehead atoms. The van der Waals surface area contributed by atoms with Crippen LogP contribution in [0.1, 0.15) is 38.3 Å². The summed E-state index contributed by atoms with van der Waals surface area (Å²) < 4.78 is 25.0. The maximum Gasteiger partial charge on any atom is 0.263 e. The molecule has 0 spiro atoms. The minimum absolute atomic E-state index is 0.121. The highest BCUT2D eigenvalue weighted by Gasteiger charge is 2.20. The summed E-state index contributed by atoms with van der Waals surface area (Å²) >= 11 is 0. The average molecular weight is 241 g/mol. The third kappa shape index (κ3) is 3.18. The van der Waals surface area contributed by atoms with E-state index in [-0.39, 0.29) is 5.56 Å². The number of benzene rings is 1. The van der Waals surface area contributed by atoms with Gasteiger partial charge in [-0.1, -0.05) is 32.9 Å². The van der Waals surface area contributed by atoms with Gasteiger partial charge in [0.25, 0.3) is 6.43 Å². The third-order valence-corrected chi connectivity index (χ3v) is 2.93. The molecule has 1 aliphatic heterocycles. The maximum atomic E-state index is 12.5. The largest absolute Gasteiger partial charge is 0.374 e. The molecule has 1 aromatic rings. The molecule has 3 heteroatoms. The predicted octanol–water partition coefficient (Wildman–Crippen LogP) is 4.28. The number of rotatable bonds is 1. The van der Waals surface area contributed by atoms with Gasteiger partial charge in [-0.2, -0.15) is 0 Å². The van der Waals surface area contributed by atoms with Gasteiger partial charge in [0.1, 0.15) is 0 Å². The van der Waals surface area contributed by atoms with Crippen molar-refractivity contribution in [3.8, 4) is 0 Å². The summed E-state index contributed by atoms with van der Waals surface area (Å²) in [4.78, 5) is 2.06. The quantitative estimate of drug-likeness (QED) is 0.709. The lowest BCUT2D eigenvalue weighted by Crippen LogP contribution is -2.30. The fourth-order valence-corrected chi connectivity index (χ4v) is 2.25. The van der Waals surface area contributed by atoms with Crippen LogP contribution in [0, 0.1) is 5.92 Å². The minimum atomic E-state index is -2.37. The first-order valence-electron chi connectivity index (χ1n) is 6.20. The predicted molar refractivity (Wildman–Crippen MR) is 68.9 cm³/mol. The maximum absolute atomic E-state index is 12.5. The molecule has 1 unspecified atom stereocenters. The first-order chi connectivity index (χ1) is 8.08. The van der Waals surface area contributed by atoms with Gasteiger partial charge in [0.2, 0.25) is 0 Å². The second-order valence-corrected chi connectivity index (χ2v) is 4.38. The molecule has 1 aromatic carbocycles. The van der Waals surface area contributed by atoms with Gasteiger partial charge in [0.15, 0.2) is 0 Å². The normalized spacial score (nSPS) is 18.5. The fraction of sp³-hybridized carbons (Fsp3) is 0.571. The van der Waals surface area contributed by atoms with Gasteiger partial charge < -0.3 is 4.90 Å². The van der Waals surface area contributed by atoms with Gasteiger partial charge in [-0.15, -0.1) is 0 Å².